The van der Waals surface area contributed by atoms with E-state index in [1.54, 1.807) is 0 Å². The lowest BCUT2D eigenvalue weighted by Crippen LogP contribution is -1.82. The number of hydrogen-bond donors (Lipinski definition) is 0. The monoisotopic (exact) mass is 195 g/mol. The molecule has 0 aliphatic rings. The van der Waals surface area contributed by atoms with Crippen LogP contribution in [0.1, 0.15) is 32.6 Å². The van der Waals surface area contributed by atoms with Crippen LogP contribution in [0.25, 0.3) is 0 Å². The van der Waals surface area contributed by atoms with Gasteiger partial charge in [0.1, 0.15) is 6.54 Å². The van der Waals surface area contributed by atoms with Crippen molar-refractivity contribution in [2.45, 2.75) is 32.6 Å². The fourth-order valence-electron chi connectivity index (χ4n) is 0.721. The summed E-state index contributed by atoms with van der Waals surface area (Å²) >= 11 is 10.4. The number of rotatable bonds is 5. The van der Waals surface area contributed by atoms with E-state index >= 15 is 0 Å². The zero-order valence-electron chi connectivity index (χ0n) is 6.69. The van der Waals surface area contributed by atoms with Crippen LogP contribution in [0, 0.1) is 0 Å². The summed E-state index contributed by atoms with van der Waals surface area (Å²) in [6, 6.07) is 2.41. The minimum Gasteiger partial charge on any atom is -0.0654 e. The number of halogens is 2. The predicted molar refractivity (Wildman–Crippen MR) is 48.4 cm³/mol. The van der Waals surface area contributed by atoms with E-state index in [0.717, 1.165) is 16.6 Å². The van der Waals surface area contributed by atoms with Gasteiger partial charge in [-0.25, -0.2) is 0 Å². The first-order chi connectivity index (χ1) is 5.27. The minimum atomic E-state index is 0.760. The minimum absolute atomic E-state index is 0.760. The van der Waals surface area contributed by atoms with Crippen LogP contribution in [-0.2, 0) is 0 Å². The summed E-state index contributed by atoms with van der Waals surface area (Å²) in [6.07, 6.45) is 4.81. The van der Waals surface area contributed by atoms with Crippen LogP contribution in [0.5, 0.6) is 0 Å². The Morgan fingerprint density at radius 3 is 2.55 bits per heavy atom. The van der Waals surface area contributed by atoms with Gasteiger partial charge in [-0.15, -0.1) is 0 Å². The molecule has 0 saturated carbocycles. The van der Waals surface area contributed by atoms with Crippen LogP contribution < -0.4 is 0 Å². The highest BCUT2D eigenvalue weighted by Gasteiger charge is 1.89. The maximum atomic E-state index is 5.21. The van der Waals surface area contributed by atoms with Gasteiger partial charge in [0.2, 0.25) is 0 Å². The van der Waals surface area contributed by atoms with Crippen molar-refractivity contribution in [2.75, 3.05) is 6.54 Å². The molecule has 2 nitrogen and oxygen atoms in total. The molecule has 0 bridgehead atoms. The van der Waals surface area contributed by atoms with Gasteiger partial charge in [0.15, 0.2) is 23.6 Å². The van der Waals surface area contributed by atoms with Crippen molar-refractivity contribution in [3.8, 4) is 0 Å². The van der Waals surface area contributed by atoms with Crippen molar-refractivity contribution < 1.29 is 3.61 Å². The topological polar surface area (TPSA) is 15.4 Å². The Balaban J connectivity index is 3.21. The SMILES string of the molecule is CCCCCCN=C=[N+](Cl)Cl. The number of hydrogen-bond acceptors (Lipinski definition) is 1. The fourth-order valence-corrected chi connectivity index (χ4v) is 0.828. The van der Waals surface area contributed by atoms with Gasteiger partial charge in [0.05, 0.1) is 0 Å². The molecule has 0 amide bonds. The third-order valence-corrected chi connectivity index (χ3v) is 1.42. The first kappa shape index (κ1) is 11.0. The zero-order chi connectivity index (χ0) is 8.53. The lowest BCUT2D eigenvalue weighted by molar-refractivity contribution is -0.172. The summed E-state index contributed by atoms with van der Waals surface area (Å²) in [6.45, 7) is 2.94. The summed E-state index contributed by atoms with van der Waals surface area (Å²) < 4.78 is 0.791. The average Bonchev–Trinajstić information content (AvgIpc) is 1.96. The molecule has 0 aliphatic carbocycles. The second kappa shape index (κ2) is 8.06. The van der Waals surface area contributed by atoms with Crippen LogP contribution in [0.15, 0.2) is 4.99 Å². The maximum Gasteiger partial charge on any atom is 0.345 e. The Kier molecular flexibility index (Phi) is 8.03. The van der Waals surface area contributed by atoms with E-state index in [-0.39, 0.29) is 0 Å². The Hall–Kier alpha value is -0.0400. The molecule has 0 N–H and O–H groups in total. The van der Waals surface area contributed by atoms with Crippen LogP contribution in [0.4, 0.5) is 0 Å². The van der Waals surface area contributed by atoms with Crippen LogP contribution in [0.2, 0.25) is 0 Å². The molecule has 0 aliphatic heterocycles. The number of aliphatic imine (C=N–C) groups is 1. The lowest BCUT2D eigenvalue weighted by atomic mass is 10.2. The fraction of sp³-hybridized carbons (Fsp3) is 0.857. The van der Waals surface area contributed by atoms with Crippen molar-refractivity contribution in [1.82, 2.24) is 0 Å². The average molecular weight is 196 g/mol. The summed E-state index contributed by atoms with van der Waals surface area (Å²) in [4.78, 5) is 3.85. The Morgan fingerprint density at radius 1 is 1.27 bits per heavy atom. The molecule has 0 aromatic heterocycles. The molecular weight excluding hydrogens is 183 g/mol. The van der Waals surface area contributed by atoms with Gasteiger partial charge < -0.3 is 0 Å². The summed E-state index contributed by atoms with van der Waals surface area (Å²) in [5, 5.41) is 0. The molecular formula is C7H13Cl2N2+. The van der Waals surface area contributed by atoms with E-state index in [0.29, 0.717) is 0 Å². The molecule has 0 fully saturated rings. The summed E-state index contributed by atoms with van der Waals surface area (Å²) in [5.74, 6) is 0. The van der Waals surface area contributed by atoms with E-state index < -0.39 is 0 Å². The van der Waals surface area contributed by atoms with Crippen molar-refractivity contribution in [2.24, 2.45) is 4.99 Å². The summed E-state index contributed by atoms with van der Waals surface area (Å²) in [7, 11) is 0. The first-order valence-corrected chi connectivity index (χ1v) is 4.48. The Labute approximate surface area is 77.8 Å². The molecule has 0 unspecified atom stereocenters. The van der Waals surface area contributed by atoms with Gasteiger partial charge in [0.25, 0.3) is 0 Å². The maximum absolute atomic E-state index is 5.21. The molecule has 4 heteroatoms. The predicted octanol–water partition coefficient (Wildman–Crippen LogP) is 3.06. The van der Waals surface area contributed by atoms with E-state index in [1.807, 2.05) is 0 Å². The second-order valence-electron chi connectivity index (χ2n) is 2.28. The molecule has 11 heavy (non-hydrogen) atoms. The zero-order valence-corrected chi connectivity index (χ0v) is 8.20. The number of unbranched alkanes of at least 4 members (excludes halogenated alkanes) is 3. The van der Waals surface area contributed by atoms with E-state index in [1.165, 1.54) is 19.3 Å². The van der Waals surface area contributed by atoms with Gasteiger partial charge >= 0.3 is 6.01 Å². The van der Waals surface area contributed by atoms with Crippen LogP contribution in [-0.4, -0.2) is 16.2 Å². The highest BCUT2D eigenvalue weighted by molar-refractivity contribution is 6.22. The number of nitrogens with zero attached hydrogens (tertiary/aromatic N) is 2. The molecule has 0 aromatic rings. The van der Waals surface area contributed by atoms with E-state index in [4.69, 9.17) is 23.6 Å². The first-order valence-electron chi connectivity index (χ1n) is 3.81. The van der Waals surface area contributed by atoms with Gasteiger partial charge in [-0.3, -0.25) is 0 Å². The smallest absolute Gasteiger partial charge is 0.0654 e. The molecule has 0 radical (unpaired) electrons. The van der Waals surface area contributed by atoms with E-state index in [9.17, 15) is 0 Å². The van der Waals surface area contributed by atoms with Crippen LogP contribution in [0.3, 0.4) is 0 Å². The van der Waals surface area contributed by atoms with Crippen LogP contribution >= 0.6 is 23.6 Å². The standard InChI is InChI=1S/C7H13Cl2N2/c1-2-3-4-5-6-10-7-11(8)9/h2-6H2,1H3/q+1. The van der Waals surface area contributed by atoms with Gasteiger partial charge in [0, 0.05) is 0 Å². The quantitative estimate of drug-likeness (QED) is 0.365. The molecule has 0 aromatic carbocycles. The highest BCUT2D eigenvalue weighted by Crippen LogP contribution is 1.97. The molecule has 0 spiro atoms. The Morgan fingerprint density at radius 2 is 2.00 bits per heavy atom. The molecule has 64 valence electrons. The molecule has 0 heterocycles. The van der Waals surface area contributed by atoms with Crippen molar-refractivity contribution in [3.05, 3.63) is 0 Å². The van der Waals surface area contributed by atoms with Crippen molar-refractivity contribution in [1.29, 1.82) is 0 Å². The van der Waals surface area contributed by atoms with E-state index in [2.05, 4.69) is 17.9 Å². The third-order valence-electron chi connectivity index (χ3n) is 1.27. The van der Waals surface area contributed by atoms with Crippen molar-refractivity contribution >= 4 is 29.6 Å². The van der Waals surface area contributed by atoms with Gasteiger partial charge in [-0.1, -0.05) is 19.8 Å². The second-order valence-corrected chi connectivity index (χ2v) is 3.12. The highest BCUT2D eigenvalue weighted by atomic mass is 35.5. The largest absolute Gasteiger partial charge is 0.345 e. The summed E-state index contributed by atoms with van der Waals surface area (Å²) in [5.41, 5.74) is 0. The molecule has 0 rings (SSSR count). The Bertz CT molecular complexity index is 147. The lowest BCUT2D eigenvalue weighted by Gasteiger charge is -1.88. The third kappa shape index (κ3) is 9.96. The molecule has 0 saturated heterocycles. The van der Waals surface area contributed by atoms with Gasteiger partial charge in [-0.05, 0) is 21.4 Å². The molecule has 0 atom stereocenters. The van der Waals surface area contributed by atoms with Crippen molar-refractivity contribution in [3.63, 3.8) is 0 Å². The van der Waals surface area contributed by atoms with Gasteiger partial charge in [-0.2, -0.15) is 0 Å². The normalized spacial score (nSPS) is 9.00.